The minimum atomic E-state index is -2.09. The monoisotopic (exact) mass is 366 g/mol. The van der Waals surface area contributed by atoms with Gasteiger partial charge in [-0.15, -0.1) is 0 Å². The summed E-state index contributed by atoms with van der Waals surface area (Å²) in [5.41, 5.74) is 4.41. The van der Waals surface area contributed by atoms with Gasteiger partial charge in [-0.3, -0.25) is 0 Å². The summed E-state index contributed by atoms with van der Waals surface area (Å²) in [6.07, 6.45) is 2.00. The summed E-state index contributed by atoms with van der Waals surface area (Å²) in [7, 11) is 0. The number of aromatic nitrogens is 1. The second-order valence-corrected chi connectivity index (χ2v) is 17.5. The van der Waals surface area contributed by atoms with Gasteiger partial charge in [0.15, 0.2) is 0 Å². The number of pyridine rings is 1. The maximum absolute atomic E-state index is 7.55. The molecule has 116 valence electrons. The van der Waals surface area contributed by atoms with Crippen molar-refractivity contribution in [2.24, 2.45) is 0 Å². The molecule has 0 saturated heterocycles. The van der Waals surface area contributed by atoms with E-state index in [1.165, 1.54) is 4.40 Å². The zero-order valence-corrected chi connectivity index (χ0v) is 15.9. The van der Waals surface area contributed by atoms with Crippen molar-refractivity contribution in [1.82, 2.24) is 4.98 Å². The summed E-state index contributed by atoms with van der Waals surface area (Å²) in [4.78, 5) is 4.79. The van der Waals surface area contributed by atoms with Gasteiger partial charge < -0.3 is 0 Å². The third kappa shape index (κ3) is 3.56. The van der Waals surface area contributed by atoms with E-state index in [2.05, 4.69) is 35.5 Å². The van der Waals surface area contributed by atoms with Crippen molar-refractivity contribution < 1.29 is 4.11 Å². The molecule has 0 fully saturated rings. The molecule has 23 heavy (non-hydrogen) atoms. The molecule has 0 bridgehead atoms. The van der Waals surface area contributed by atoms with E-state index in [0.29, 0.717) is 5.56 Å². The van der Waals surface area contributed by atoms with Crippen LogP contribution in [0, 0.1) is 6.85 Å². The first kappa shape index (κ1) is 12.5. The van der Waals surface area contributed by atoms with E-state index in [-0.39, 0.29) is 0 Å². The normalized spacial score (nSPS) is 14.0. The van der Waals surface area contributed by atoms with Crippen molar-refractivity contribution in [3.05, 3.63) is 72.4 Å². The summed E-state index contributed by atoms with van der Waals surface area (Å²) < 4.78 is 24.0. The Bertz CT molecular complexity index is 895. The minimum absolute atomic E-state index is 0.351. The Labute approximate surface area is 146 Å². The van der Waals surface area contributed by atoms with Crippen LogP contribution in [0.1, 0.15) is 9.68 Å². The van der Waals surface area contributed by atoms with Crippen molar-refractivity contribution in [1.29, 1.82) is 0 Å². The van der Waals surface area contributed by atoms with Crippen LogP contribution >= 0.6 is 0 Å². The second-order valence-electron chi connectivity index (χ2n) is 6.81. The molecule has 0 radical (unpaired) electrons. The van der Waals surface area contributed by atoms with E-state index in [4.69, 9.17) is 9.10 Å². The number of hydrogen-bond acceptors (Lipinski definition) is 1. The summed E-state index contributed by atoms with van der Waals surface area (Å²) in [6.45, 7) is -2.09. The molecule has 0 spiro atoms. The Balaban J connectivity index is 2.15. The van der Waals surface area contributed by atoms with Crippen LogP contribution < -0.4 is 4.40 Å². The van der Waals surface area contributed by atoms with Gasteiger partial charge in [-0.05, 0) is 0 Å². The first-order chi connectivity index (χ1) is 12.2. The number of benzene rings is 2. The average Bonchev–Trinajstić information content (AvgIpc) is 2.60. The van der Waals surface area contributed by atoms with E-state index in [9.17, 15) is 0 Å². The van der Waals surface area contributed by atoms with Crippen LogP contribution in [0.3, 0.4) is 0 Å². The van der Waals surface area contributed by atoms with Crippen molar-refractivity contribution in [3.8, 4) is 22.4 Å². The first-order valence-electron chi connectivity index (χ1n) is 9.33. The molecule has 0 atom stereocenters. The van der Waals surface area contributed by atoms with Crippen LogP contribution in [0.5, 0.6) is 0 Å². The van der Waals surface area contributed by atoms with E-state index in [1.54, 1.807) is 12.1 Å². The molecule has 1 aromatic heterocycles. The quantitative estimate of drug-likeness (QED) is 0.577. The Kier molecular flexibility index (Phi) is 3.45. The molecule has 0 aliphatic heterocycles. The fraction of sp³-hybridized carbons (Fsp3) is 0.190. The zero-order valence-electron chi connectivity index (χ0n) is 16.8. The SMILES string of the molecule is [2H]C([2H])([2H])c1ccc(-c2nc[c]([Ge]([CH3])([CH3])[CH3])cc2-c2ccccc2)cc1. The van der Waals surface area contributed by atoms with Gasteiger partial charge in [0.25, 0.3) is 0 Å². The number of rotatable bonds is 3. The van der Waals surface area contributed by atoms with E-state index >= 15 is 0 Å². The van der Waals surface area contributed by atoms with Crippen molar-refractivity contribution in [2.75, 3.05) is 0 Å². The molecule has 3 rings (SSSR count). The van der Waals surface area contributed by atoms with Gasteiger partial charge in [0.05, 0.1) is 0 Å². The molecule has 0 amide bonds. The molecular formula is C21H23GeN. The van der Waals surface area contributed by atoms with Crippen molar-refractivity contribution in [3.63, 3.8) is 0 Å². The third-order valence-corrected chi connectivity index (χ3v) is 8.20. The number of nitrogens with zero attached hydrogens (tertiary/aromatic N) is 1. The molecule has 2 aromatic carbocycles. The average molecular weight is 365 g/mol. The predicted octanol–water partition coefficient (Wildman–Crippen LogP) is 5.27. The fourth-order valence-corrected chi connectivity index (χ4v) is 4.73. The van der Waals surface area contributed by atoms with Crippen molar-refractivity contribution in [2.45, 2.75) is 24.1 Å². The van der Waals surface area contributed by atoms with Gasteiger partial charge in [0.2, 0.25) is 0 Å². The van der Waals surface area contributed by atoms with Crippen molar-refractivity contribution >= 4 is 17.7 Å². The molecule has 0 aliphatic rings. The summed E-state index contributed by atoms with van der Waals surface area (Å²) in [5, 5.41) is 0. The molecule has 3 aromatic rings. The number of hydrogen-bond donors (Lipinski definition) is 0. The first-order valence-corrected chi connectivity index (χ1v) is 15.2. The molecule has 1 heterocycles. The Morgan fingerprint density at radius 3 is 2.17 bits per heavy atom. The van der Waals surface area contributed by atoms with E-state index in [0.717, 1.165) is 22.4 Å². The van der Waals surface area contributed by atoms with Crippen LogP contribution in [0.2, 0.25) is 17.3 Å². The van der Waals surface area contributed by atoms with Crippen LogP contribution in [0.25, 0.3) is 22.4 Å². The van der Waals surface area contributed by atoms with Gasteiger partial charge in [-0.25, -0.2) is 0 Å². The van der Waals surface area contributed by atoms with Crippen LogP contribution in [-0.2, 0) is 0 Å². The van der Waals surface area contributed by atoms with Gasteiger partial charge in [0, 0.05) is 0 Å². The topological polar surface area (TPSA) is 12.9 Å². The predicted molar refractivity (Wildman–Crippen MR) is 103 cm³/mol. The van der Waals surface area contributed by atoms with E-state index < -0.39 is 20.1 Å². The summed E-state index contributed by atoms with van der Waals surface area (Å²) in [5.74, 6) is 7.07. The number of aryl methyl sites for hydroxylation is 1. The van der Waals surface area contributed by atoms with Crippen LogP contribution in [0.4, 0.5) is 0 Å². The molecular weight excluding hydrogens is 339 g/mol. The molecule has 0 aliphatic carbocycles. The third-order valence-electron chi connectivity index (χ3n) is 4.00. The van der Waals surface area contributed by atoms with Crippen LogP contribution in [-0.4, -0.2) is 18.3 Å². The maximum atomic E-state index is 7.55. The standard InChI is InChI=1S/C21H23GeN/c1-16-10-12-18(13-11-16)21-20(17-8-6-5-7-9-17)14-19(15-23-21)22(2,3)4/h5-15H,1-4H3/i1D3. The van der Waals surface area contributed by atoms with Gasteiger partial charge in [-0.1, -0.05) is 0 Å². The molecule has 0 unspecified atom stereocenters. The second kappa shape index (κ2) is 6.33. The van der Waals surface area contributed by atoms with E-state index in [1.807, 2.05) is 36.5 Å². The summed E-state index contributed by atoms with van der Waals surface area (Å²) in [6, 6.07) is 19.6. The molecule has 0 N–H and O–H groups in total. The summed E-state index contributed by atoms with van der Waals surface area (Å²) >= 11 is -2.01. The molecule has 1 nitrogen and oxygen atoms in total. The van der Waals surface area contributed by atoms with Crippen LogP contribution in [0.15, 0.2) is 66.9 Å². The van der Waals surface area contributed by atoms with Gasteiger partial charge in [0.1, 0.15) is 0 Å². The van der Waals surface area contributed by atoms with Gasteiger partial charge in [-0.2, -0.15) is 0 Å². The Morgan fingerprint density at radius 1 is 0.870 bits per heavy atom. The zero-order chi connectivity index (χ0) is 18.9. The Morgan fingerprint density at radius 2 is 1.57 bits per heavy atom. The fourth-order valence-electron chi connectivity index (χ4n) is 2.57. The van der Waals surface area contributed by atoms with Gasteiger partial charge >= 0.3 is 146 Å². The molecule has 2 heteroatoms. The molecule has 0 saturated carbocycles. The Hall–Kier alpha value is -1.87.